The molecule has 3 rings (SSSR count). The SMILES string of the molecule is CCc1ccc(C)[n+](CC(=O)Nc2ccccc2C(=O)c2ccccc2)c1. The summed E-state index contributed by atoms with van der Waals surface area (Å²) in [6.45, 7) is 4.26. The number of carbonyl (C=O) groups excluding carboxylic acids is 2. The van der Waals surface area contributed by atoms with E-state index in [4.69, 9.17) is 0 Å². The van der Waals surface area contributed by atoms with E-state index in [1.807, 2.05) is 48.0 Å². The van der Waals surface area contributed by atoms with E-state index in [2.05, 4.69) is 18.3 Å². The number of rotatable bonds is 6. The molecule has 1 heterocycles. The molecule has 0 unspecified atom stereocenters. The van der Waals surface area contributed by atoms with Gasteiger partial charge in [0, 0.05) is 29.7 Å². The first-order valence-electron chi connectivity index (χ1n) is 9.06. The molecular formula is C23H23N2O2+. The van der Waals surface area contributed by atoms with Crippen LogP contribution in [0.3, 0.4) is 0 Å². The van der Waals surface area contributed by atoms with Gasteiger partial charge in [-0.25, -0.2) is 0 Å². The maximum Gasteiger partial charge on any atom is 0.290 e. The minimum atomic E-state index is -0.162. The Hall–Kier alpha value is -3.27. The third-order valence-electron chi connectivity index (χ3n) is 4.52. The lowest BCUT2D eigenvalue weighted by Crippen LogP contribution is -2.43. The zero-order valence-electron chi connectivity index (χ0n) is 15.6. The highest BCUT2D eigenvalue weighted by molar-refractivity contribution is 6.13. The summed E-state index contributed by atoms with van der Waals surface area (Å²) in [5, 5.41) is 2.89. The number of nitrogens with zero attached hydrogens (tertiary/aromatic N) is 1. The van der Waals surface area contributed by atoms with Crippen LogP contribution in [0.4, 0.5) is 5.69 Å². The number of hydrogen-bond acceptors (Lipinski definition) is 2. The Balaban J connectivity index is 1.80. The lowest BCUT2D eigenvalue weighted by molar-refractivity contribution is -0.690. The molecule has 1 amide bonds. The molecule has 0 fully saturated rings. The fourth-order valence-electron chi connectivity index (χ4n) is 2.93. The van der Waals surface area contributed by atoms with Crippen LogP contribution >= 0.6 is 0 Å². The van der Waals surface area contributed by atoms with E-state index in [1.165, 1.54) is 5.56 Å². The second-order valence-corrected chi connectivity index (χ2v) is 6.45. The molecule has 0 bridgehead atoms. The Morgan fingerprint density at radius 3 is 2.37 bits per heavy atom. The summed E-state index contributed by atoms with van der Waals surface area (Å²) >= 11 is 0. The van der Waals surface area contributed by atoms with E-state index in [0.29, 0.717) is 16.8 Å². The number of hydrogen-bond donors (Lipinski definition) is 1. The van der Waals surface area contributed by atoms with Crippen LogP contribution in [0.15, 0.2) is 72.9 Å². The molecule has 136 valence electrons. The zero-order valence-corrected chi connectivity index (χ0v) is 15.6. The molecule has 0 saturated heterocycles. The predicted octanol–water partition coefficient (Wildman–Crippen LogP) is 3.71. The predicted molar refractivity (Wildman–Crippen MR) is 106 cm³/mol. The first-order chi connectivity index (χ1) is 13.1. The third-order valence-corrected chi connectivity index (χ3v) is 4.52. The summed E-state index contributed by atoms with van der Waals surface area (Å²) in [6, 6.07) is 20.3. The standard InChI is InChI=1S/C23H22N2O2/c1-3-18-14-13-17(2)25(15-18)16-22(26)24-21-12-8-7-11-20(21)23(27)19-9-5-4-6-10-19/h4-15H,3,16H2,1-2H3/p+1. The van der Waals surface area contributed by atoms with Crippen LogP contribution in [0.5, 0.6) is 0 Å². The van der Waals surface area contributed by atoms with Gasteiger partial charge in [0.1, 0.15) is 0 Å². The fraction of sp³-hybridized carbons (Fsp3) is 0.174. The summed E-state index contributed by atoms with van der Waals surface area (Å²) < 4.78 is 1.93. The van der Waals surface area contributed by atoms with Crippen molar-refractivity contribution in [1.82, 2.24) is 0 Å². The third kappa shape index (κ3) is 4.47. The van der Waals surface area contributed by atoms with Crippen LogP contribution < -0.4 is 9.88 Å². The second kappa shape index (κ2) is 8.41. The molecule has 0 saturated carbocycles. The highest BCUT2D eigenvalue weighted by Gasteiger charge is 2.18. The Kier molecular flexibility index (Phi) is 5.77. The number of ketones is 1. The van der Waals surface area contributed by atoms with E-state index in [1.54, 1.807) is 30.3 Å². The number of aryl methyl sites for hydroxylation is 2. The first kappa shape index (κ1) is 18.5. The van der Waals surface area contributed by atoms with Gasteiger partial charge in [0.2, 0.25) is 6.54 Å². The minimum absolute atomic E-state index is 0.108. The highest BCUT2D eigenvalue weighted by atomic mass is 16.2. The quantitative estimate of drug-likeness (QED) is 0.539. The van der Waals surface area contributed by atoms with Gasteiger partial charge in [0.25, 0.3) is 5.91 Å². The summed E-state index contributed by atoms with van der Waals surface area (Å²) in [4.78, 5) is 25.4. The number of nitrogens with one attached hydrogen (secondary N) is 1. The van der Waals surface area contributed by atoms with E-state index in [9.17, 15) is 9.59 Å². The van der Waals surface area contributed by atoms with Crippen molar-refractivity contribution in [3.05, 3.63) is 95.3 Å². The Labute approximate surface area is 159 Å². The van der Waals surface area contributed by atoms with Crippen LogP contribution in [-0.4, -0.2) is 11.7 Å². The van der Waals surface area contributed by atoms with Crippen LogP contribution in [0, 0.1) is 6.92 Å². The Bertz CT molecular complexity index is 965. The van der Waals surface area contributed by atoms with Crippen LogP contribution in [0.1, 0.15) is 34.1 Å². The van der Waals surface area contributed by atoms with Crippen molar-refractivity contribution in [3.8, 4) is 0 Å². The van der Waals surface area contributed by atoms with Gasteiger partial charge >= 0.3 is 0 Å². The number of amides is 1. The molecule has 0 radical (unpaired) electrons. The topological polar surface area (TPSA) is 50.0 Å². The van der Waals surface area contributed by atoms with Crippen molar-refractivity contribution in [3.63, 3.8) is 0 Å². The van der Waals surface area contributed by atoms with E-state index in [0.717, 1.165) is 12.1 Å². The largest absolute Gasteiger partial charge is 0.320 e. The van der Waals surface area contributed by atoms with Crippen LogP contribution in [0.2, 0.25) is 0 Å². The van der Waals surface area contributed by atoms with Crippen molar-refractivity contribution in [2.24, 2.45) is 0 Å². The molecule has 0 aliphatic rings. The van der Waals surface area contributed by atoms with Gasteiger partial charge in [-0.3, -0.25) is 9.59 Å². The molecule has 4 heteroatoms. The second-order valence-electron chi connectivity index (χ2n) is 6.45. The molecular weight excluding hydrogens is 336 g/mol. The molecule has 0 spiro atoms. The molecule has 3 aromatic rings. The van der Waals surface area contributed by atoms with Crippen molar-refractivity contribution in [2.45, 2.75) is 26.8 Å². The van der Waals surface area contributed by atoms with E-state index < -0.39 is 0 Å². The van der Waals surface area contributed by atoms with E-state index in [-0.39, 0.29) is 18.2 Å². The summed E-state index contributed by atoms with van der Waals surface area (Å²) in [7, 11) is 0. The van der Waals surface area contributed by atoms with Crippen molar-refractivity contribution in [1.29, 1.82) is 0 Å². The smallest absolute Gasteiger partial charge is 0.290 e. The van der Waals surface area contributed by atoms with Crippen molar-refractivity contribution < 1.29 is 14.2 Å². The Morgan fingerprint density at radius 2 is 1.63 bits per heavy atom. The van der Waals surface area contributed by atoms with Crippen molar-refractivity contribution in [2.75, 3.05) is 5.32 Å². The number of para-hydroxylation sites is 1. The molecule has 27 heavy (non-hydrogen) atoms. The van der Waals surface area contributed by atoms with Crippen LogP contribution in [0.25, 0.3) is 0 Å². The average molecular weight is 359 g/mol. The zero-order chi connectivity index (χ0) is 19.2. The number of benzene rings is 2. The lowest BCUT2D eigenvalue weighted by atomic mass is 10.0. The first-order valence-corrected chi connectivity index (χ1v) is 9.06. The van der Waals surface area contributed by atoms with Gasteiger partial charge in [-0.05, 0) is 24.6 Å². The van der Waals surface area contributed by atoms with Gasteiger partial charge in [-0.15, -0.1) is 0 Å². The monoisotopic (exact) mass is 359 g/mol. The van der Waals surface area contributed by atoms with Crippen LogP contribution in [-0.2, 0) is 17.8 Å². The maximum atomic E-state index is 12.8. The van der Waals surface area contributed by atoms with Gasteiger partial charge in [0.15, 0.2) is 17.7 Å². The molecule has 0 aliphatic heterocycles. The number of anilines is 1. The molecule has 1 N–H and O–H groups in total. The van der Waals surface area contributed by atoms with Gasteiger partial charge in [-0.2, -0.15) is 4.57 Å². The lowest BCUT2D eigenvalue weighted by Gasteiger charge is -2.10. The maximum absolute atomic E-state index is 12.8. The van der Waals surface area contributed by atoms with Crippen molar-refractivity contribution >= 4 is 17.4 Å². The number of carbonyl (C=O) groups is 2. The summed E-state index contributed by atoms with van der Waals surface area (Å²) in [5.41, 5.74) is 3.80. The summed E-state index contributed by atoms with van der Waals surface area (Å²) in [6.07, 6.45) is 2.91. The van der Waals surface area contributed by atoms with Gasteiger partial charge in [-0.1, -0.05) is 49.4 Å². The van der Waals surface area contributed by atoms with E-state index >= 15 is 0 Å². The molecule has 4 nitrogen and oxygen atoms in total. The average Bonchev–Trinajstić information content (AvgIpc) is 2.70. The number of aromatic nitrogens is 1. The highest BCUT2D eigenvalue weighted by Crippen LogP contribution is 2.19. The normalized spacial score (nSPS) is 10.4. The Morgan fingerprint density at radius 1 is 0.926 bits per heavy atom. The number of pyridine rings is 1. The minimum Gasteiger partial charge on any atom is -0.320 e. The fourth-order valence-corrected chi connectivity index (χ4v) is 2.93. The molecule has 2 aromatic carbocycles. The van der Waals surface area contributed by atoms with Gasteiger partial charge in [0.05, 0.1) is 5.69 Å². The summed E-state index contributed by atoms with van der Waals surface area (Å²) in [5.74, 6) is -0.270. The molecule has 0 aliphatic carbocycles. The molecule has 1 aromatic heterocycles. The molecule has 0 atom stereocenters. The van der Waals surface area contributed by atoms with Gasteiger partial charge < -0.3 is 5.32 Å².